The van der Waals surface area contributed by atoms with Crippen molar-refractivity contribution in [3.05, 3.63) is 88.5 Å². The van der Waals surface area contributed by atoms with Gasteiger partial charge in [-0.3, -0.25) is 14.8 Å². The van der Waals surface area contributed by atoms with E-state index in [4.69, 9.17) is 24.2 Å². The van der Waals surface area contributed by atoms with Gasteiger partial charge in [-0.2, -0.15) is 0 Å². The molecule has 0 fully saturated rings. The molecule has 1 aliphatic heterocycles. The monoisotopic (exact) mass is 518 g/mol. The van der Waals surface area contributed by atoms with Crippen molar-refractivity contribution in [2.75, 3.05) is 27.9 Å². The Morgan fingerprint density at radius 3 is 2.21 bits per heavy atom. The number of amides is 2. The fraction of sp³-hybridized carbons (Fsp3) is 0.241. The predicted molar refractivity (Wildman–Crippen MR) is 141 cm³/mol. The second-order valence-electron chi connectivity index (χ2n) is 8.66. The van der Waals surface area contributed by atoms with Crippen LogP contribution in [0.25, 0.3) is 6.08 Å². The molecule has 9 nitrogen and oxygen atoms in total. The number of nitrogens with one attached hydrogen (secondary N) is 1. The molecule has 0 bridgehead atoms. The molecule has 2 amide bonds. The zero-order chi connectivity index (χ0) is 27.1. The summed E-state index contributed by atoms with van der Waals surface area (Å²) in [7, 11) is 4.77. The first-order valence-corrected chi connectivity index (χ1v) is 12.0. The molecule has 0 saturated carbocycles. The Kier molecular flexibility index (Phi) is 8.50. The highest BCUT2D eigenvalue weighted by molar-refractivity contribution is 5.93. The van der Waals surface area contributed by atoms with Crippen LogP contribution in [-0.4, -0.2) is 49.8 Å². The summed E-state index contributed by atoms with van der Waals surface area (Å²) < 4.78 is 22.2. The number of nitrogens with zero attached hydrogens (tertiary/aromatic N) is 1. The van der Waals surface area contributed by atoms with Crippen molar-refractivity contribution in [3.8, 4) is 23.0 Å². The summed E-state index contributed by atoms with van der Waals surface area (Å²) in [5, 5.41) is 8.72. The lowest BCUT2D eigenvalue weighted by Gasteiger charge is -2.28. The lowest BCUT2D eigenvalue weighted by molar-refractivity contribution is -0.126. The van der Waals surface area contributed by atoms with Crippen LogP contribution >= 0.6 is 0 Å². The van der Waals surface area contributed by atoms with E-state index in [2.05, 4.69) is 0 Å². The Bertz CT molecular complexity index is 1340. The second-order valence-corrected chi connectivity index (χ2v) is 8.66. The van der Waals surface area contributed by atoms with Crippen molar-refractivity contribution >= 4 is 17.9 Å². The van der Waals surface area contributed by atoms with E-state index in [1.165, 1.54) is 0 Å². The number of hydroxylamine groups is 1. The number of ether oxygens (including phenoxy) is 4. The summed E-state index contributed by atoms with van der Waals surface area (Å²) in [6.45, 7) is 1.38. The van der Waals surface area contributed by atoms with Gasteiger partial charge in [0.05, 0.1) is 21.3 Å². The molecule has 0 unspecified atom stereocenters. The van der Waals surface area contributed by atoms with Crippen molar-refractivity contribution in [3.63, 3.8) is 0 Å². The van der Waals surface area contributed by atoms with Crippen molar-refractivity contribution in [2.45, 2.75) is 19.6 Å². The number of hydrogen-bond acceptors (Lipinski definition) is 7. The van der Waals surface area contributed by atoms with E-state index in [0.29, 0.717) is 41.7 Å². The lowest BCUT2D eigenvalue weighted by atomic mass is 9.98. The Balaban J connectivity index is 1.39. The van der Waals surface area contributed by atoms with Gasteiger partial charge in [0.15, 0.2) is 23.0 Å². The number of fused-ring (bicyclic) bond motifs is 1. The van der Waals surface area contributed by atoms with Gasteiger partial charge >= 0.3 is 0 Å². The van der Waals surface area contributed by atoms with Crippen LogP contribution in [0.5, 0.6) is 23.0 Å². The average Bonchev–Trinajstić information content (AvgIpc) is 2.97. The summed E-state index contributed by atoms with van der Waals surface area (Å²) in [4.78, 5) is 26.2. The molecular formula is C29H30N2O7. The first-order valence-electron chi connectivity index (χ1n) is 12.0. The van der Waals surface area contributed by atoms with E-state index in [1.54, 1.807) is 80.3 Å². The minimum atomic E-state index is -0.577. The van der Waals surface area contributed by atoms with Gasteiger partial charge in [-0.15, -0.1) is 0 Å². The predicted octanol–water partition coefficient (Wildman–Crippen LogP) is 4.01. The lowest BCUT2D eigenvalue weighted by Crippen LogP contribution is -2.34. The SMILES string of the molecule is COc1cc2c(cc1OC)CN(C(=O)/C=C/c1ccc(OCc3ccc(C(=O)NO)cc3)c(OC)c1)CC2. The van der Waals surface area contributed by atoms with E-state index in [1.807, 2.05) is 18.2 Å². The maximum Gasteiger partial charge on any atom is 0.274 e. The molecule has 0 radical (unpaired) electrons. The first-order chi connectivity index (χ1) is 18.4. The molecule has 1 heterocycles. The molecule has 0 aromatic heterocycles. The average molecular weight is 519 g/mol. The summed E-state index contributed by atoms with van der Waals surface area (Å²) in [5.41, 5.74) is 5.78. The van der Waals surface area contributed by atoms with Crippen molar-refractivity contribution < 1.29 is 33.7 Å². The molecular weight excluding hydrogens is 488 g/mol. The van der Waals surface area contributed by atoms with Gasteiger partial charge in [-0.1, -0.05) is 18.2 Å². The number of carbonyl (C=O) groups is 2. The van der Waals surface area contributed by atoms with Crippen LogP contribution in [0.15, 0.2) is 60.7 Å². The number of rotatable bonds is 9. The number of carbonyl (C=O) groups excluding carboxylic acids is 2. The van der Waals surface area contributed by atoms with Crippen LogP contribution < -0.4 is 24.4 Å². The zero-order valence-electron chi connectivity index (χ0n) is 21.5. The molecule has 1 aliphatic rings. The van der Waals surface area contributed by atoms with Gasteiger partial charge in [0.25, 0.3) is 5.91 Å². The highest BCUT2D eigenvalue weighted by Crippen LogP contribution is 2.33. The fourth-order valence-electron chi connectivity index (χ4n) is 4.23. The quantitative estimate of drug-likeness (QED) is 0.250. The molecule has 198 valence electrons. The maximum atomic E-state index is 12.9. The number of benzene rings is 3. The van der Waals surface area contributed by atoms with Crippen molar-refractivity contribution in [1.29, 1.82) is 0 Å². The van der Waals surface area contributed by atoms with Crippen LogP contribution in [0, 0.1) is 0 Å². The molecule has 0 atom stereocenters. The van der Waals surface area contributed by atoms with Crippen LogP contribution in [0.4, 0.5) is 0 Å². The first kappa shape index (κ1) is 26.6. The highest BCUT2D eigenvalue weighted by Gasteiger charge is 2.21. The molecule has 0 saturated heterocycles. The van der Waals surface area contributed by atoms with Crippen molar-refractivity contribution in [1.82, 2.24) is 10.4 Å². The van der Waals surface area contributed by atoms with Crippen LogP contribution in [0.3, 0.4) is 0 Å². The van der Waals surface area contributed by atoms with E-state index < -0.39 is 5.91 Å². The van der Waals surface area contributed by atoms with Gasteiger partial charge in [0, 0.05) is 24.7 Å². The minimum Gasteiger partial charge on any atom is -0.493 e. The topological polar surface area (TPSA) is 107 Å². The summed E-state index contributed by atoms with van der Waals surface area (Å²) >= 11 is 0. The molecule has 4 rings (SSSR count). The van der Waals surface area contributed by atoms with E-state index >= 15 is 0 Å². The Hall–Kier alpha value is -4.50. The van der Waals surface area contributed by atoms with Gasteiger partial charge in [0.1, 0.15) is 6.61 Å². The molecule has 2 N–H and O–H groups in total. The normalized spacial score (nSPS) is 12.6. The van der Waals surface area contributed by atoms with Crippen LogP contribution in [0.2, 0.25) is 0 Å². The standard InChI is InChI=1S/C29H30N2O7/c1-35-25-14-19(6-10-24(25)38-18-20-4-8-21(9-5-20)29(33)30-34)7-11-28(32)31-13-12-22-15-26(36-2)27(37-3)16-23(22)17-31/h4-11,14-16,34H,12-13,17-18H2,1-3H3,(H,30,33)/b11-7+. The summed E-state index contributed by atoms with van der Waals surface area (Å²) in [5.74, 6) is 1.76. The van der Waals surface area contributed by atoms with Gasteiger partial charge < -0.3 is 23.8 Å². The Morgan fingerprint density at radius 1 is 0.895 bits per heavy atom. The zero-order valence-corrected chi connectivity index (χ0v) is 21.5. The summed E-state index contributed by atoms with van der Waals surface area (Å²) in [6, 6.07) is 16.0. The van der Waals surface area contributed by atoms with Gasteiger partial charge in [-0.25, -0.2) is 5.48 Å². The van der Waals surface area contributed by atoms with Crippen molar-refractivity contribution in [2.24, 2.45) is 0 Å². The van der Waals surface area contributed by atoms with E-state index in [9.17, 15) is 9.59 Å². The van der Waals surface area contributed by atoms with Crippen LogP contribution in [0.1, 0.15) is 32.6 Å². The molecule has 0 spiro atoms. The van der Waals surface area contributed by atoms with E-state index in [0.717, 1.165) is 28.7 Å². The third-order valence-electron chi connectivity index (χ3n) is 6.35. The Morgan fingerprint density at radius 2 is 1.55 bits per heavy atom. The molecule has 9 heteroatoms. The second kappa shape index (κ2) is 12.2. The molecule has 3 aromatic rings. The third kappa shape index (κ3) is 6.07. The smallest absolute Gasteiger partial charge is 0.274 e. The highest BCUT2D eigenvalue weighted by atomic mass is 16.5. The Labute approximate surface area is 221 Å². The molecule has 38 heavy (non-hydrogen) atoms. The minimum absolute atomic E-state index is 0.0805. The number of methoxy groups -OCH3 is 3. The van der Waals surface area contributed by atoms with Crippen LogP contribution in [-0.2, 0) is 24.4 Å². The maximum absolute atomic E-state index is 12.9. The largest absolute Gasteiger partial charge is 0.493 e. The molecule has 0 aliphatic carbocycles. The number of hydrogen-bond donors (Lipinski definition) is 2. The third-order valence-corrected chi connectivity index (χ3v) is 6.35. The van der Waals surface area contributed by atoms with Gasteiger partial charge in [-0.05, 0) is 71.1 Å². The molecule has 3 aromatic carbocycles. The van der Waals surface area contributed by atoms with E-state index in [-0.39, 0.29) is 12.5 Å². The fourth-order valence-corrected chi connectivity index (χ4v) is 4.23. The van der Waals surface area contributed by atoms with Gasteiger partial charge in [0.2, 0.25) is 5.91 Å². The summed E-state index contributed by atoms with van der Waals surface area (Å²) in [6.07, 6.45) is 4.06.